The lowest BCUT2D eigenvalue weighted by Gasteiger charge is -2.26. The molecule has 3 heteroatoms. The van der Waals surface area contributed by atoms with Gasteiger partial charge in [-0.15, -0.1) is 0 Å². The number of aliphatic hydroxyl groups is 1. The lowest BCUT2D eigenvalue weighted by Crippen LogP contribution is -2.36. The highest BCUT2D eigenvalue weighted by Gasteiger charge is 2.14. The molecule has 1 N–H and O–H groups in total. The minimum absolute atomic E-state index is 0.315. The van der Waals surface area contributed by atoms with Gasteiger partial charge in [-0.3, -0.25) is 4.90 Å². The van der Waals surface area contributed by atoms with E-state index in [4.69, 9.17) is 4.74 Å². The van der Waals surface area contributed by atoms with Crippen LogP contribution in [-0.2, 0) is 6.54 Å². The molecule has 2 aromatic carbocycles. The van der Waals surface area contributed by atoms with Gasteiger partial charge in [-0.25, -0.2) is 0 Å². The zero-order chi connectivity index (χ0) is 18.1. The second-order valence-electron chi connectivity index (χ2n) is 7.12. The number of para-hydroxylation sites is 1. The molecule has 0 aromatic heterocycles. The summed E-state index contributed by atoms with van der Waals surface area (Å²) in [7, 11) is 0. The van der Waals surface area contributed by atoms with Gasteiger partial charge in [0.1, 0.15) is 18.5 Å². The van der Waals surface area contributed by atoms with Crippen LogP contribution < -0.4 is 4.74 Å². The molecule has 1 unspecified atom stereocenters. The SMILES string of the molecule is Cc1ccccc1CN(CCC(C)C)CC(O)COc1ccccc1. The molecule has 0 saturated heterocycles. The summed E-state index contributed by atoms with van der Waals surface area (Å²) in [4.78, 5) is 2.33. The molecule has 0 heterocycles. The van der Waals surface area contributed by atoms with Crippen LogP contribution >= 0.6 is 0 Å². The third-order valence-electron chi connectivity index (χ3n) is 4.33. The normalized spacial score (nSPS) is 12.6. The van der Waals surface area contributed by atoms with Gasteiger partial charge in [0.05, 0.1) is 0 Å². The van der Waals surface area contributed by atoms with Crippen LogP contribution in [0.4, 0.5) is 0 Å². The zero-order valence-electron chi connectivity index (χ0n) is 15.7. The Morgan fingerprint density at radius 3 is 2.36 bits per heavy atom. The summed E-state index contributed by atoms with van der Waals surface area (Å²) in [5.74, 6) is 1.45. The number of aliphatic hydroxyl groups excluding tert-OH is 1. The first kappa shape index (κ1) is 19.5. The van der Waals surface area contributed by atoms with Crippen LogP contribution in [0.3, 0.4) is 0 Å². The standard InChI is InChI=1S/C22H31NO2/c1-18(2)13-14-23(15-20-10-8-7-9-19(20)3)16-21(24)17-25-22-11-5-4-6-12-22/h4-12,18,21,24H,13-17H2,1-3H3. The average molecular weight is 341 g/mol. The third-order valence-corrected chi connectivity index (χ3v) is 4.33. The maximum atomic E-state index is 10.4. The molecular formula is C22H31NO2. The van der Waals surface area contributed by atoms with Crippen molar-refractivity contribution in [2.75, 3.05) is 19.7 Å². The lowest BCUT2D eigenvalue weighted by atomic mass is 10.1. The highest BCUT2D eigenvalue weighted by atomic mass is 16.5. The van der Waals surface area contributed by atoms with E-state index in [1.807, 2.05) is 30.3 Å². The molecule has 0 spiro atoms. The van der Waals surface area contributed by atoms with Crippen LogP contribution in [0.1, 0.15) is 31.4 Å². The van der Waals surface area contributed by atoms with Crippen molar-refractivity contribution in [2.24, 2.45) is 5.92 Å². The van der Waals surface area contributed by atoms with Gasteiger partial charge in [0.15, 0.2) is 0 Å². The fourth-order valence-corrected chi connectivity index (χ4v) is 2.76. The number of benzene rings is 2. The van der Waals surface area contributed by atoms with Gasteiger partial charge in [-0.2, -0.15) is 0 Å². The van der Waals surface area contributed by atoms with Crippen LogP contribution in [0, 0.1) is 12.8 Å². The van der Waals surface area contributed by atoms with Gasteiger partial charge < -0.3 is 9.84 Å². The smallest absolute Gasteiger partial charge is 0.119 e. The molecule has 0 amide bonds. The maximum Gasteiger partial charge on any atom is 0.119 e. The highest BCUT2D eigenvalue weighted by molar-refractivity contribution is 5.25. The molecular weight excluding hydrogens is 310 g/mol. The fourth-order valence-electron chi connectivity index (χ4n) is 2.76. The lowest BCUT2D eigenvalue weighted by molar-refractivity contribution is 0.0639. The Labute approximate surface area is 152 Å². The Hall–Kier alpha value is -1.84. The molecule has 0 aliphatic heterocycles. The van der Waals surface area contributed by atoms with Crippen molar-refractivity contribution >= 4 is 0 Å². The van der Waals surface area contributed by atoms with Gasteiger partial charge in [-0.05, 0) is 49.1 Å². The molecule has 136 valence electrons. The summed E-state index contributed by atoms with van der Waals surface area (Å²) in [6.07, 6.45) is 0.620. The summed E-state index contributed by atoms with van der Waals surface area (Å²) < 4.78 is 5.69. The minimum Gasteiger partial charge on any atom is -0.491 e. The molecule has 3 nitrogen and oxygen atoms in total. The topological polar surface area (TPSA) is 32.7 Å². The first-order valence-corrected chi connectivity index (χ1v) is 9.17. The number of hydrogen-bond donors (Lipinski definition) is 1. The number of rotatable bonds is 10. The molecule has 2 aromatic rings. The zero-order valence-corrected chi connectivity index (χ0v) is 15.7. The first-order valence-electron chi connectivity index (χ1n) is 9.17. The van der Waals surface area contributed by atoms with E-state index in [2.05, 4.69) is 49.9 Å². The molecule has 0 bridgehead atoms. The summed E-state index contributed by atoms with van der Waals surface area (Å²) in [5, 5.41) is 10.4. The predicted octanol–water partition coefficient (Wildman–Crippen LogP) is 4.28. The van der Waals surface area contributed by atoms with Gasteiger partial charge in [0.25, 0.3) is 0 Å². The molecule has 25 heavy (non-hydrogen) atoms. The van der Waals surface area contributed by atoms with Crippen molar-refractivity contribution in [3.63, 3.8) is 0 Å². The molecule has 0 aliphatic rings. The number of ether oxygens (including phenoxy) is 1. The molecule has 0 radical (unpaired) electrons. The molecule has 2 rings (SSSR count). The van der Waals surface area contributed by atoms with Crippen LogP contribution in [0.25, 0.3) is 0 Å². The number of hydrogen-bond acceptors (Lipinski definition) is 3. The fraction of sp³-hybridized carbons (Fsp3) is 0.455. The minimum atomic E-state index is -0.503. The summed E-state index contributed by atoms with van der Waals surface area (Å²) in [5.41, 5.74) is 2.62. The first-order chi connectivity index (χ1) is 12.0. The van der Waals surface area contributed by atoms with Crippen molar-refractivity contribution in [1.82, 2.24) is 4.90 Å². The number of nitrogens with zero attached hydrogens (tertiary/aromatic N) is 1. The molecule has 0 saturated carbocycles. The van der Waals surface area contributed by atoms with Gasteiger partial charge in [0, 0.05) is 13.1 Å². The van der Waals surface area contributed by atoms with Crippen LogP contribution in [-0.4, -0.2) is 35.8 Å². The van der Waals surface area contributed by atoms with Crippen molar-refractivity contribution in [1.29, 1.82) is 0 Å². The second-order valence-corrected chi connectivity index (χ2v) is 7.12. The number of aryl methyl sites for hydroxylation is 1. The van der Waals surface area contributed by atoms with Crippen LogP contribution in [0.2, 0.25) is 0 Å². The molecule has 0 aliphatic carbocycles. The largest absolute Gasteiger partial charge is 0.491 e. The van der Waals surface area contributed by atoms with Crippen molar-refractivity contribution in [3.05, 3.63) is 65.7 Å². The Bertz CT molecular complexity index is 612. The van der Waals surface area contributed by atoms with Crippen molar-refractivity contribution in [2.45, 2.75) is 39.8 Å². The van der Waals surface area contributed by atoms with E-state index < -0.39 is 6.10 Å². The van der Waals surface area contributed by atoms with E-state index in [1.165, 1.54) is 11.1 Å². The Morgan fingerprint density at radius 2 is 1.68 bits per heavy atom. The van der Waals surface area contributed by atoms with E-state index in [-0.39, 0.29) is 0 Å². The van der Waals surface area contributed by atoms with Gasteiger partial charge >= 0.3 is 0 Å². The Balaban J connectivity index is 1.91. The van der Waals surface area contributed by atoms with E-state index in [0.717, 1.165) is 25.3 Å². The third kappa shape index (κ3) is 7.29. The second kappa shape index (κ2) is 10.2. The quantitative estimate of drug-likeness (QED) is 0.700. The van der Waals surface area contributed by atoms with Crippen LogP contribution in [0.15, 0.2) is 54.6 Å². The highest BCUT2D eigenvalue weighted by Crippen LogP contribution is 2.14. The Morgan fingerprint density at radius 1 is 1.00 bits per heavy atom. The summed E-state index contributed by atoms with van der Waals surface area (Å²) in [6, 6.07) is 18.1. The van der Waals surface area contributed by atoms with E-state index >= 15 is 0 Å². The van der Waals surface area contributed by atoms with Crippen LogP contribution in [0.5, 0.6) is 5.75 Å². The van der Waals surface area contributed by atoms with E-state index in [9.17, 15) is 5.11 Å². The van der Waals surface area contributed by atoms with Gasteiger partial charge in [0.2, 0.25) is 0 Å². The van der Waals surface area contributed by atoms with Crippen molar-refractivity contribution < 1.29 is 9.84 Å². The van der Waals surface area contributed by atoms with E-state index in [1.54, 1.807) is 0 Å². The summed E-state index contributed by atoms with van der Waals surface area (Å²) in [6.45, 7) is 9.40. The van der Waals surface area contributed by atoms with Gasteiger partial charge in [-0.1, -0.05) is 56.3 Å². The maximum absolute atomic E-state index is 10.4. The monoisotopic (exact) mass is 341 g/mol. The van der Waals surface area contributed by atoms with Crippen molar-refractivity contribution in [3.8, 4) is 5.75 Å². The Kier molecular flexibility index (Phi) is 7.96. The van der Waals surface area contributed by atoms with E-state index in [0.29, 0.717) is 19.1 Å². The predicted molar refractivity (Wildman–Crippen MR) is 104 cm³/mol. The average Bonchev–Trinajstić information content (AvgIpc) is 2.60. The summed E-state index contributed by atoms with van der Waals surface area (Å²) >= 11 is 0. The molecule has 1 atom stereocenters. The molecule has 0 fully saturated rings.